The Labute approximate surface area is 130 Å². The fourth-order valence-electron chi connectivity index (χ4n) is 1.84. The largest absolute Gasteiger partial charge is 0.478 e. The summed E-state index contributed by atoms with van der Waals surface area (Å²) in [5, 5.41) is 8.52. The van der Waals surface area contributed by atoms with E-state index in [-0.39, 0.29) is 36.7 Å². The minimum atomic E-state index is -0.783. The summed E-state index contributed by atoms with van der Waals surface area (Å²) in [4.78, 5) is 23.6. The average molecular weight is 314 g/mol. The maximum absolute atomic E-state index is 11.9. The lowest BCUT2D eigenvalue weighted by Crippen LogP contribution is -2.43. The van der Waals surface area contributed by atoms with Crippen molar-refractivity contribution in [3.8, 4) is 5.75 Å². The van der Waals surface area contributed by atoms with Gasteiger partial charge in [-0.1, -0.05) is 12.1 Å². The maximum atomic E-state index is 11.9. The number of likely N-dealkylation sites (N-methyl/N-ethyl adjacent to an activating group) is 1. The molecule has 2 amide bonds. The highest BCUT2D eigenvalue weighted by Gasteiger charge is 2.29. The van der Waals surface area contributed by atoms with Gasteiger partial charge >= 0.3 is 0 Å². The molecule has 0 aliphatic carbocycles. The fraction of sp³-hybridized carbons (Fsp3) is 0.429. The van der Waals surface area contributed by atoms with Crippen LogP contribution in [0.4, 0.5) is 5.69 Å². The van der Waals surface area contributed by atoms with Crippen LogP contribution in [-0.2, 0) is 9.59 Å². The first-order chi connectivity index (χ1) is 9.60. The van der Waals surface area contributed by atoms with Crippen LogP contribution < -0.4 is 20.7 Å². The van der Waals surface area contributed by atoms with Crippen molar-refractivity contribution in [3.05, 3.63) is 24.3 Å². The van der Waals surface area contributed by atoms with E-state index in [4.69, 9.17) is 4.74 Å². The molecule has 0 saturated carbocycles. The van der Waals surface area contributed by atoms with Crippen LogP contribution in [0.1, 0.15) is 13.3 Å². The van der Waals surface area contributed by atoms with Crippen LogP contribution >= 0.6 is 12.4 Å². The number of amides is 2. The van der Waals surface area contributed by atoms with Crippen molar-refractivity contribution < 1.29 is 14.3 Å². The second kappa shape index (κ2) is 7.85. The van der Waals surface area contributed by atoms with E-state index in [9.17, 15) is 9.59 Å². The molecule has 6 nitrogen and oxygen atoms in total. The van der Waals surface area contributed by atoms with Gasteiger partial charge in [0.25, 0.3) is 5.91 Å². The average Bonchev–Trinajstić information content (AvgIpc) is 2.45. The summed E-state index contributed by atoms with van der Waals surface area (Å²) in [6.45, 7) is 2.47. The smallest absolute Gasteiger partial charge is 0.266 e. The lowest BCUT2D eigenvalue weighted by Gasteiger charge is -2.25. The van der Waals surface area contributed by atoms with Gasteiger partial charge in [-0.25, -0.2) is 0 Å². The van der Waals surface area contributed by atoms with Crippen molar-refractivity contribution in [2.45, 2.75) is 25.5 Å². The molecular weight excluding hydrogens is 294 g/mol. The Balaban J connectivity index is 0.00000220. The monoisotopic (exact) mass is 313 g/mol. The number of nitrogens with one attached hydrogen (secondary N) is 3. The van der Waals surface area contributed by atoms with Crippen LogP contribution in [0.15, 0.2) is 24.3 Å². The van der Waals surface area contributed by atoms with Gasteiger partial charge in [0.1, 0.15) is 5.75 Å². The Hall–Kier alpha value is -1.79. The quantitative estimate of drug-likeness (QED) is 0.755. The summed E-state index contributed by atoms with van der Waals surface area (Å²) in [6.07, 6.45) is -0.772. The number of anilines is 1. The van der Waals surface area contributed by atoms with Crippen molar-refractivity contribution in [2.75, 3.05) is 18.9 Å². The minimum absolute atomic E-state index is 0. The van der Waals surface area contributed by atoms with Gasteiger partial charge in [0, 0.05) is 12.6 Å². The molecule has 0 radical (unpaired) electrons. The number of carbonyl (C=O) groups is 2. The third-order valence-corrected chi connectivity index (χ3v) is 3.18. The summed E-state index contributed by atoms with van der Waals surface area (Å²) >= 11 is 0. The molecule has 2 unspecified atom stereocenters. The van der Waals surface area contributed by atoms with Crippen molar-refractivity contribution in [1.82, 2.24) is 10.6 Å². The van der Waals surface area contributed by atoms with Gasteiger partial charge in [-0.05, 0) is 26.1 Å². The Morgan fingerprint density at radius 1 is 1.43 bits per heavy atom. The summed E-state index contributed by atoms with van der Waals surface area (Å²) in [5.41, 5.74) is 0.637. The molecular formula is C14H20ClN3O3. The van der Waals surface area contributed by atoms with Crippen molar-refractivity contribution >= 4 is 29.9 Å². The van der Waals surface area contributed by atoms with Gasteiger partial charge in [-0.15, -0.1) is 12.4 Å². The van der Waals surface area contributed by atoms with Gasteiger partial charge in [0.15, 0.2) is 6.10 Å². The molecule has 0 saturated heterocycles. The van der Waals surface area contributed by atoms with E-state index in [0.29, 0.717) is 18.0 Å². The second-order valence-corrected chi connectivity index (χ2v) is 4.79. The minimum Gasteiger partial charge on any atom is -0.478 e. The molecule has 3 N–H and O–H groups in total. The predicted molar refractivity (Wildman–Crippen MR) is 82.9 cm³/mol. The van der Waals surface area contributed by atoms with Crippen molar-refractivity contribution in [1.29, 1.82) is 0 Å². The van der Waals surface area contributed by atoms with Crippen LogP contribution in [-0.4, -0.2) is 37.6 Å². The lowest BCUT2D eigenvalue weighted by molar-refractivity contribution is -0.130. The molecule has 0 bridgehead atoms. The first-order valence-electron chi connectivity index (χ1n) is 6.60. The van der Waals surface area contributed by atoms with Gasteiger partial charge in [-0.2, -0.15) is 0 Å². The number of benzene rings is 1. The van der Waals surface area contributed by atoms with E-state index in [1.807, 2.05) is 26.1 Å². The molecule has 0 fully saturated rings. The van der Waals surface area contributed by atoms with Crippen LogP contribution in [0.2, 0.25) is 0 Å². The van der Waals surface area contributed by atoms with Gasteiger partial charge in [0.2, 0.25) is 5.91 Å². The van der Waals surface area contributed by atoms with Crippen molar-refractivity contribution in [3.63, 3.8) is 0 Å². The molecule has 1 aromatic rings. The number of halogens is 1. The third-order valence-electron chi connectivity index (χ3n) is 3.18. The highest BCUT2D eigenvalue weighted by atomic mass is 35.5. The summed E-state index contributed by atoms with van der Waals surface area (Å²) in [7, 11) is 1.82. The number of hydrogen-bond donors (Lipinski definition) is 3. The zero-order chi connectivity index (χ0) is 14.5. The second-order valence-electron chi connectivity index (χ2n) is 4.79. The Bertz CT molecular complexity index is 510. The van der Waals surface area contributed by atoms with E-state index in [2.05, 4.69) is 16.0 Å². The first-order valence-corrected chi connectivity index (χ1v) is 6.60. The van der Waals surface area contributed by atoms with Crippen LogP contribution in [0.5, 0.6) is 5.75 Å². The molecule has 1 aromatic carbocycles. The third kappa shape index (κ3) is 4.61. The number of carbonyl (C=O) groups excluding carboxylic acids is 2. The summed E-state index contributed by atoms with van der Waals surface area (Å²) in [6, 6.07) is 7.35. The van der Waals surface area contributed by atoms with Gasteiger partial charge < -0.3 is 20.7 Å². The Morgan fingerprint density at radius 3 is 2.86 bits per heavy atom. The molecule has 1 heterocycles. The van der Waals surface area contributed by atoms with Crippen LogP contribution in [0, 0.1) is 0 Å². The fourth-order valence-corrected chi connectivity index (χ4v) is 1.84. The standard InChI is InChI=1S/C14H19N3O3.ClH/c1-9(15-2)8-16-13(18)7-12-14(19)17-10-5-3-4-6-11(10)20-12;/h3-6,9,12,15H,7-8H2,1-2H3,(H,16,18)(H,17,19);1H. The summed E-state index contributed by atoms with van der Waals surface area (Å²) in [5.74, 6) is 0.0978. The first kappa shape index (κ1) is 17.3. The molecule has 1 aliphatic heterocycles. The van der Waals surface area contributed by atoms with Gasteiger partial charge in [-0.3, -0.25) is 9.59 Å². The molecule has 21 heavy (non-hydrogen) atoms. The van der Waals surface area contributed by atoms with Gasteiger partial charge in [0.05, 0.1) is 12.1 Å². The topological polar surface area (TPSA) is 79.5 Å². The molecule has 2 atom stereocenters. The van der Waals surface area contributed by atoms with E-state index < -0.39 is 6.10 Å². The van der Waals surface area contributed by atoms with Crippen LogP contribution in [0.25, 0.3) is 0 Å². The highest BCUT2D eigenvalue weighted by molar-refractivity contribution is 5.99. The molecule has 1 aliphatic rings. The number of rotatable bonds is 5. The molecule has 7 heteroatoms. The maximum Gasteiger partial charge on any atom is 0.266 e. The predicted octanol–water partition coefficient (Wildman–Crippen LogP) is 0.922. The summed E-state index contributed by atoms with van der Waals surface area (Å²) < 4.78 is 5.56. The van der Waals surface area contributed by atoms with Crippen LogP contribution in [0.3, 0.4) is 0 Å². The zero-order valence-corrected chi connectivity index (χ0v) is 12.8. The Morgan fingerprint density at radius 2 is 2.14 bits per heavy atom. The lowest BCUT2D eigenvalue weighted by atomic mass is 10.1. The van der Waals surface area contributed by atoms with E-state index in [1.165, 1.54) is 0 Å². The van der Waals surface area contributed by atoms with E-state index in [1.54, 1.807) is 12.1 Å². The SMILES string of the molecule is CNC(C)CNC(=O)CC1Oc2ccccc2NC1=O.Cl. The van der Waals surface area contributed by atoms with Crippen molar-refractivity contribution in [2.24, 2.45) is 0 Å². The highest BCUT2D eigenvalue weighted by Crippen LogP contribution is 2.29. The number of hydrogen-bond acceptors (Lipinski definition) is 4. The number of ether oxygens (including phenoxy) is 1. The zero-order valence-electron chi connectivity index (χ0n) is 12.0. The van der Waals surface area contributed by atoms with E-state index in [0.717, 1.165) is 0 Å². The molecule has 116 valence electrons. The van der Waals surface area contributed by atoms with E-state index >= 15 is 0 Å². The molecule has 2 rings (SSSR count). The number of para-hydroxylation sites is 2. The number of fused-ring (bicyclic) bond motifs is 1. The molecule has 0 aromatic heterocycles. The normalized spacial score (nSPS) is 17.6. The Kier molecular flexibility index (Phi) is 6.45. The molecule has 0 spiro atoms.